The molecule has 2 aliphatic rings. The van der Waals surface area contributed by atoms with Crippen LogP contribution in [0.3, 0.4) is 0 Å². The van der Waals surface area contributed by atoms with Crippen molar-refractivity contribution < 1.29 is 22.7 Å². The number of piperidine rings is 1. The monoisotopic (exact) mass is 494 g/mol. The summed E-state index contributed by atoms with van der Waals surface area (Å²) in [5.74, 6) is -2.85. The molecule has 2 aromatic rings. The maximum absolute atomic E-state index is 13.8. The molecule has 34 heavy (non-hydrogen) atoms. The lowest BCUT2D eigenvalue weighted by Gasteiger charge is -2.34. The van der Waals surface area contributed by atoms with E-state index in [1.54, 1.807) is 24.3 Å². The van der Waals surface area contributed by atoms with Crippen molar-refractivity contribution in [1.82, 2.24) is 10.2 Å². The van der Waals surface area contributed by atoms with Gasteiger partial charge < -0.3 is 15.0 Å². The largest absolute Gasteiger partial charge is 0.484 e. The second-order valence-corrected chi connectivity index (χ2v) is 9.78. The van der Waals surface area contributed by atoms with Gasteiger partial charge in [0.2, 0.25) is 0 Å². The highest BCUT2D eigenvalue weighted by atomic mass is 35.5. The lowest BCUT2D eigenvalue weighted by Crippen LogP contribution is -2.40. The molecule has 0 radical (unpaired) electrons. The Balaban J connectivity index is 1.14. The number of nitrogens with zero attached hydrogens (tertiary/aromatic N) is 1. The van der Waals surface area contributed by atoms with Crippen LogP contribution in [0, 0.1) is 23.4 Å². The molecule has 0 aromatic heterocycles. The Morgan fingerprint density at radius 1 is 0.971 bits per heavy atom. The lowest BCUT2D eigenvalue weighted by atomic mass is 9.84. The minimum atomic E-state index is -1.00. The molecule has 1 aliphatic carbocycles. The molecule has 184 valence electrons. The van der Waals surface area contributed by atoms with Gasteiger partial charge in [0, 0.05) is 41.9 Å². The molecule has 0 bridgehead atoms. The van der Waals surface area contributed by atoms with Crippen molar-refractivity contribution in [2.75, 3.05) is 19.6 Å². The van der Waals surface area contributed by atoms with Gasteiger partial charge in [-0.15, -0.1) is 0 Å². The summed E-state index contributed by atoms with van der Waals surface area (Å²) >= 11 is 5.89. The van der Waals surface area contributed by atoms with E-state index in [1.165, 1.54) is 0 Å². The Bertz CT molecular complexity index is 950. The van der Waals surface area contributed by atoms with E-state index in [1.807, 2.05) is 0 Å². The Labute approximate surface area is 203 Å². The van der Waals surface area contributed by atoms with Crippen molar-refractivity contribution in [3.8, 4) is 5.75 Å². The third-order valence-corrected chi connectivity index (χ3v) is 7.18. The normalized spacial score (nSPS) is 21.9. The number of halogens is 4. The smallest absolute Gasteiger partial charge is 0.251 e. The van der Waals surface area contributed by atoms with Crippen molar-refractivity contribution in [2.24, 2.45) is 5.92 Å². The Morgan fingerprint density at radius 3 is 2.21 bits per heavy atom. The van der Waals surface area contributed by atoms with E-state index < -0.39 is 23.2 Å². The van der Waals surface area contributed by atoms with E-state index in [0.717, 1.165) is 51.7 Å². The number of amides is 1. The molecule has 1 N–H and O–H groups in total. The van der Waals surface area contributed by atoms with Crippen LogP contribution >= 0.6 is 11.6 Å². The summed E-state index contributed by atoms with van der Waals surface area (Å²) in [5, 5.41) is 3.75. The number of hydrogen-bond acceptors (Lipinski definition) is 3. The molecule has 0 unspecified atom stereocenters. The summed E-state index contributed by atoms with van der Waals surface area (Å²) in [7, 11) is 0. The predicted molar refractivity (Wildman–Crippen MR) is 126 cm³/mol. The SMILES string of the molecule is O=C(NC1CCC(CCN2CCC(Oc3c(F)cc(F)cc3F)CC2)CC1)c1ccc(Cl)cc1. The molecule has 2 aromatic carbocycles. The summed E-state index contributed by atoms with van der Waals surface area (Å²) in [4.78, 5) is 14.8. The summed E-state index contributed by atoms with van der Waals surface area (Å²) < 4.78 is 46.2. The summed E-state index contributed by atoms with van der Waals surface area (Å²) in [5.41, 5.74) is 0.629. The van der Waals surface area contributed by atoms with Gasteiger partial charge in [0.15, 0.2) is 17.4 Å². The first-order valence-electron chi connectivity index (χ1n) is 12.0. The van der Waals surface area contributed by atoms with Crippen molar-refractivity contribution in [3.63, 3.8) is 0 Å². The zero-order valence-electron chi connectivity index (χ0n) is 19.0. The van der Waals surface area contributed by atoms with Gasteiger partial charge >= 0.3 is 0 Å². The van der Waals surface area contributed by atoms with Crippen LogP contribution in [-0.4, -0.2) is 42.6 Å². The average molecular weight is 495 g/mol. The minimum Gasteiger partial charge on any atom is -0.484 e. The maximum atomic E-state index is 13.8. The summed E-state index contributed by atoms with van der Waals surface area (Å²) in [6.45, 7) is 2.60. The fourth-order valence-electron chi connectivity index (χ4n) is 4.89. The Kier molecular flexibility index (Phi) is 8.37. The highest BCUT2D eigenvalue weighted by molar-refractivity contribution is 6.30. The van der Waals surface area contributed by atoms with E-state index >= 15 is 0 Å². The van der Waals surface area contributed by atoms with Gasteiger partial charge in [-0.25, -0.2) is 13.2 Å². The molecule has 1 amide bonds. The molecule has 1 heterocycles. The quantitative estimate of drug-likeness (QED) is 0.515. The molecule has 1 saturated carbocycles. The number of hydrogen-bond donors (Lipinski definition) is 1. The molecule has 8 heteroatoms. The van der Waals surface area contributed by atoms with Crippen molar-refractivity contribution in [1.29, 1.82) is 0 Å². The number of likely N-dealkylation sites (tertiary alicyclic amines) is 1. The number of carbonyl (C=O) groups excluding carboxylic acids is 1. The maximum Gasteiger partial charge on any atom is 0.251 e. The molecule has 4 rings (SSSR count). The Hall–Kier alpha value is -2.25. The van der Waals surface area contributed by atoms with Gasteiger partial charge in [0.1, 0.15) is 11.9 Å². The summed E-state index contributed by atoms with van der Waals surface area (Å²) in [6, 6.07) is 8.42. The highest BCUT2D eigenvalue weighted by Gasteiger charge is 2.26. The first-order chi connectivity index (χ1) is 16.4. The number of rotatable bonds is 7. The first kappa shape index (κ1) is 24.9. The number of nitrogens with one attached hydrogen (secondary N) is 1. The standard InChI is InChI=1S/C26H30ClF3N2O2/c27-19-5-3-18(4-6-19)26(33)31-21-7-1-17(2-8-21)9-12-32-13-10-22(11-14-32)34-25-23(29)15-20(28)16-24(25)30/h3-6,15-17,21-22H,1-2,7-14H2,(H,31,33). The molecule has 2 fully saturated rings. The molecule has 1 aliphatic heterocycles. The zero-order chi connectivity index (χ0) is 24.1. The van der Waals surface area contributed by atoms with Crippen LogP contribution in [0.25, 0.3) is 0 Å². The Morgan fingerprint density at radius 2 is 1.59 bits per heavy atom. The second kappa shape index (κ2) is 11.5. The zero-order valence-corrected chi connectivity index (χ0v) is 19.8. The van der Waals surface area contributed by atoms with Crippen LogP contribution in [0.1, 0.15) is 55.3 Å². The number of ether oxygens (including phenoxy) is 1. The minimum absolute atomic E-state index is 0.0504. The first-order valence-corrected chi connectivity index (χ1v) is 12.3. The third-order valence-electron chi connectivity index (χ3n) is 6.92. The number of carbonyl (C=O) groups is 1. The van der Waals surface area contributed by atoms with E-state index in [9.17, 15) is 18.0 Å². The fraction of sp³-hybridized carbons (Fsp3) is 0.500. The van der Waals surface area contributed by atoms with Crippen LogP contribution in [0.2, 0.25) is 5.02 Å². The third kappa shape index (κ3) is 6.66. The topological polar surface area (TPSA) is 41.6 Å². The van der Waals surface area contributed by atoms with Gasteiger partial charge in [0.05, 0.1) is 0 Å². The van der Waals surface area contributed by atoms with E-state index in [4.69, 9.17) is 16.3 Å². The number of benzene rings is 2. The van der Waals surface area contributed by atoms with Crippen LogP contribution in [0.4, 0.5) is 13.2 Å². The van der Waals surface area contributed by atoms with Crippen LogP contribution in [0.5, 0.6) is 5.75 Å². The molecule has 0 spiro atoms. The van der Waals surface area contributed by atoms with E-state index in [2.05, 4.69) is 10.2 Å². The van der Waals surface area contributed by atoms with E-state index in [0.29, 0.717) is 41.5 Å². The van der Waals surface area contributed by atoms with Crippen LogP contribution in [-0.2, 0) is 0 Å². The van der Waals surface area contributed by atoms with Gasteiger partial charge in [0.25, 0.3) is 5.91 Å². The predicted octanol–water partition coefficient (Wildman–Crippen LogP) is 5.98. The molecular formula is C26H30ClF3N2O2. The lowest BCUT2D eigenvalue weighted by molar-refractivity contribution is 0.0866. The van der Waals surface area contributed by atoms with Gasteiger partial charge in [-0.2, -0.15) is 0 Å². The van der Waals surface area contributed by atoms with Gasteiger partial charge in [-0.3, -0.25) is 4.79 Å². The van der Waals surface area contributed by atoms with Crippen LogP contribution < -0.4 is 10.1 Å². The van der Waals surface area contributed by atoms with Crippen molar-refractivity contribution in [2.45, 2.75) is 57.1 Å². The van der Waals surface area contributed by atoms with E-state index in [-0.39, 0.29) is 18.1 Å². The van der Waals surface area contributed by atoms with Crippen molar-refractivity contribution in [3.05, 3.63) is 64.4 Å². The highest BCUT2D eigenvalue weighted by Crippen LogP contribution is 2.29. The second-order valence-electron chi connectivity index (χ2n) is 9.34. The average Bonchev–Trinajstić information content (AvgIpc) is 2.82. The van der Waals surface area contributed by atoms with Gasteiger partial charge in [-0.05, 0) is 81.7 Å². The molecule has 1 saturated heterocycles. The molecule has 0 atom stereocenters. The molecular weight excluding hydrogens is 465 g/mol. The summed E-state index contributed by atoms with van der Waals surface area (Å²) in [6.07, 6.45) is 6.33. The fourth-order valence-corrected chi connectivity index (χ4v) is 5.02. The van der Waals surface area contributed by atoms with Crippen molar-refractivity contribution >= 4 is 17.5 Å². The van der Waals surface area contributed by atoms with Crippen LogP contribution in [0.15, 0.2) is 36.4 Å². The van der Waals surface area contributed by atoms with Gasteiger partial charge in [-0.1, -0.05) is 11.6 Å². The molecule has 4 nitrogen and oxygen atoms in total.